The zero-order chi connectivity index (χ0) is 19.5. The molecule has 1 aliphatic carbocycles. The molecule has 0 bridgehead atoms. The highest BCUT2D eigenvalue weighted by molar-refractivity contribution is 7.16. The lowest BCUT2D eigenvalue weighted by molar-refractivity contribution is -0.145. The van der Waals surface area contributed by atoms with Crippen molar-refractivity contribution in [2.45, 2.75) is 31.7 Å². The number of carbonyl (C=O) groups is 2. The molecule has 0 saturated heterocycles. The van der Waals surface area contributed by atoms with Gasteiger partial charge in [0.05, 0.1) is 12.3 Å². The first-order chi connectivity index (χ1) is 13.7. The third kappa shape index (κ3) is 3.57. The first kappa shape index (κ1) is 18.4. The van der Waals surface area contributed by atoms with E-state index in [9.17, 15) is 9.59 Å². The van der Waals surface area contributed by atoms with E-state index in [4.69, 9.17) is 4.74 Å². The van der Waals surface area contributed by atoms with E-state index in [1.165, 1.54) is 11.3 Å². The van der Waals surface area contributed by atoms with Crippen LogP contribution in [0.2, 0.25) is 0 Å². The molecule has 1 aliphatic rings. The first-order valence-electron chi connectivity index (χ1n) is 9.32. The van der Waals surface area contributed by atoms with Gasteiger partial charge < -0.3 is 9.30 Å². The second-order valence-electron chi connectivity index (χ2n) is 6.60. The van der Waals surface area contributed by atoms with Crippen molar-refractivity contribution in [3.05, 3.63) is 71.0 Å². The van der Waals surface area contributed by atoms with Gasteiger partial charge in [-0.25, -0.2) is 4.98 Å². The molecule has 3 aromatic rings. The summed E-state index contributed by atoms with van der Waals surface area (Å²) in [6.07, 6.45) is 5.25. The van der Waals surface area contributed by atoms with Crippen LogP contribution in [0.25, 0.3) is 0 Å². The number of aromatic nitrogens is 2. The van der Waals surface area contributed by atoms with E-state index in [1.54, 1.807) is 6.92 Å². The Kier molecular flexibility index (Phi) is 5.25. The highest BCUT2D eigenvalue weighted by Gasteiger charge is 2.34. The van der Waals surface area contributed by atoms with Crippen LogP contribution in [0.5, 0.6) is 0 Å². The monoisotopic (exact) mass is 395 g/mol. The minimum atomic E-state index is -0.490. The molecule has 7 heteroatoms. The first-order valence-corrected chi connectivity index (χ1v) is 10.1. The topological polar surface area (TPSA) is 73.2 Å². The van der Waals surface area contributed by atoms with Gasteiger partial charge in [0, 0.05) is 17.3 Å². The lowest BCUT2D eigenvalue weighted by Crippen LogP contribution is -2.26. The SMILES string of the molecule is CCOC(=O)[C@H]1CCc2sc(NC(=O)[C@@H](c3ccccc3)n3cccc3)nc21. The number of nitrogens with zero attached hydrogens (tertiary/aromatic N) is 2. The van der Waals surface area contributed by atoms with Crippen molar-refractivity contribution in [1.82, 2.24) is 9.55 Å². The molecule has 0 radical (unpaired) electrons. The lowest BCUT2D eigenvalue weighted by atomic mass is 10.1. The molecule has 0 unspecified atom stereocenters. The number of esters is 1. The van der Waals surface area contributed by atoms with Crippen molar-refractivity contribution in [2.75, 3.05) is 11.9 Å². The van der Waals surface area contributed by atoms with E-state index in [2.05, 4.69) is 10.3 Å². The Morgan fingerprint density at radius 2 is 2.00 bits per heavy atom. The maximum absolute atomic E-state index is 13.1. The van der Waals surface area contributed by atoms with E-state index in [0.29, 0.717) is 11.7 Å². The summed E-state index contributed by atoms with van der Waals surface area (Å²) in [5.41, 5.74) is 1.64. The van der Waals surface area contributed by atoms with Crippen LogP contribution < -0.4 is 5.32 Å². The number of rotatable bonds is 6. The minimum absolute atomic E-state index is 0.164. The van der Waals surface area contributed by atoms with Crippen LogP contribution in [0.15, 0.2) is 54.9 Å². The number of hydrogen-bond donors (Lipinski definition) is 1. The van der Waals surface area contributed by atoms with Gasteiger partial charge in [0.25, 0.3) is 5.91 Å². The van der Waals surface area contributed by atoms with Gasteiger partial charge in [-0.1, -0.05) is 30.3 Å². The van der Waals surface area contributed by atoms with Crippen LogP contribution in [-0.4, -0.2) is 28.0 Å². The molecule has 4 rings (SSSR count). The maximum atomic E-state index is 13.1. The second kappa shape index (κ2) is 7.98. The number of fused-ring (bicyclic) bond motifs is 1. The molecule has 144 valence electrons. The van der Waals surface area contributed by atoms with Crippen LogP contribution in [0.1, 0.15) is 41.4 Å². The Labute approximate surface area is 167 Å². The minimum Gasteiger partial charge on any atom is -0.465 e. The van der Waals surface area contributed by atoms with Crippen LogP contribution in [-0.2, 0) is 20.7 Å². The van der Waals surface area contributed by atoms with Crippen LogP contribution >= 0.6 is 11.3 Å². The Hall–Kier alpha value is -2.93. The highest BCUT2D eigenvalue weighted by Crippen LogP contribution is 2.39. The number of benzene rings is 1. The number of thiazole rings is 1. The number of amides is 1. The van der Waals surface area contributed by atoms with E-state index < -0.39 is 6.04 Å². The molecule has 2 heterocycles. The van der Waals surface area contributed by atoms with Crippen molar-refractivity contribution >= 4 is 28.3 Å². The van der Waals surface area contributed by atoms with E-state index in [-0.39, 0.29) is 17.8 Å². The molecule has 0 saturated carbocycles. The molecular formula is C21H21N3O3S. The molecule has 28 heavy (non-hydrogen) atoms. The summed E-state index contributed by atoms with van der Waals surface area (Å²) < 4.78 is 7.02. The molecule has 0 spiro atoms. The van der Waals surface area contributed by atoms with Gasteiger partial charge >= 0.3 is 5.97 Å². The second-order valence-corrected chi connectivity index (χ2v) is 7.69. The highest BCUT2D eigenvalue weighted by atomic mass is 32.1. The zero-order valence-corrected chi connectivity index (χ0v) is 16.3. The Morgan fingerprint density at radius 3 is 2.71 bits per heavy atom. The van der Waals surface area contributed by atoms with E-state index in [0.717, 1.165) is 29.0 Å². The summed E-state index contributed by atoms with van der Waals surface area (Å²) in [5.74, 6) is -0.729. The Bertz CT molecular complexity index is 966. The summed E-state index contributed by atoms with van der Waals surface area (Å²) in [6, 6.07) is 12.9. The third-order valence-electron chi connectivity index (χ3n) is 4.81. The predicted octanol–water partition coefficient (Wildman–Crippen LogP) is 3.77. The van der Waals surface area contributed by atoms with Crippen molar-refractivity contribution in [2.24, 2.45) is 0 Å². The smallest absolute Gasteiger partial charge is 0.315 e. The van der Waals surface area contributed by atoms with Gasteiger partial charge in [-0.2, -0.15) is 0 Å². The van der Waals surface area contributed by atoms with Gasteiger partial charge in [0.1, 0.15) is 12.0 Å². The number of carbonyl (C=O) groups excluding carboxylic acids is 2. The zero-order valence-electron chi connectivity index (χ0n) is 15.5. The fraction of sp³-hybridized carbons (Fsp3) is 0.286. The molecule has 1 N–H and O–H groups in total. The van der Waals surface area contributed by atoms with Gasteiger partial charge in [-0.15, -0.1) is 11.3 Å². The van der Waals surface area contributed by atoms with Crippen molar-refractivity contribution in [3.63, 3.8) is 0 Å². The molecule has 2 aromatic heterocycles. The van der Waals surface area contributed by atoms with Crippen LogP contribution in [0.4, 0.5) is 5.13 Å². The number of hydrogen-bond acceptors (Lipinski definition) is 5. The summed E-state index contributed by atoms with van der Waals surface area (Å²) in [7, 11) is 0. The fourth-order valence-corrected chi connectivity index (χ4v) is 4.58. The predicted molar refractivity (Wildman–Crippen MR) is 107 cm³/mol. The molecular weight excluding hydrogens is 374 g/mol. The van der Waals surface area contributed by atoms with Gasteiger partial charge in [-0.05, 0) is 37.5 Å². The summed E-state index contributed by atoms with van der Waals surface area (Å²) in [5, 5.41) is 3.47. The number of anilines is 1. The third-order valence-corrected chi connectivity index (χ3v) is 5.85. The molecule has 2 atom stereocenters. The average Bonchev–Trinajstić information content (AvgIpc) is 3.40. The molecule has 0 fully saturated rings. The van der Waals surface area contributed by atoms with Crippen molar-refractivity contribution < 1.29 is 14.3 Å². The number of nitrogens with one attached hydrogen (secondary N) is 1. The van der Waals surface area contributed by atoms with E-state index in [1.807, 2.05) is 59.4 Å². The summed E-state index contributed by atoms with van der Waals surface area (Å²) >= 11 is 1.44. The van der Waals surface area contributed by atoms with Gasteiger partial charge in [0.15, 0.2) is 5.13 Å². The van der Waals surface area contributed by atoms with Crippen LogP contribution in [0, 0.1) is 0 Å². The molecule has 1 amide bonds. The fourth-order valence-electron chi connectivity index (χ4n) is 3.54. The maximum Gasteiger partial charge on any atom is 0.315 e. The lowest BCUT2D eigenvalue weighted by Gasteiger charge is -2.18. The molecule has 6 nitrogen and oxygen atoms in total. The van der Waals surface area contributed by atoms with Gasteiger partial charge in [0.2, 0.25) is 0 Å². The summed E-state index contributed by atoms with van der Waals surface area (Å²) in [6.45, 7) is 2.15. The standard InChI is InChI=1S/C21H21N3O3S/c1-2-27-20(26)15-10-11-16-17(15)22-21(28-16)23-19(25)18(24-12-6-7-13-24)14-8-4-3-5-9-14/h3-9,12-13,15,18H,2,10-11H2,1H3,(H,22,23,25)/t15-,18+/m0/s1. The largest absolute Gasteiger partial charge is 0.465 e. The number of aryl methyl sites for hydroxylation is 1. The van der Waals surface area contributed by atoms with Crippen molar-refractivity contribution in [3.8, 4) is 0 Å². The Balaban J connectivity index is 1.56. The molecule has 1 aromatic carbocycles. The average molecular weight is 395 g/mol. The quantitative estimate of drug-likeness (QED) is 0.645. The Morgan fingerprint density at radius 1 is 1.25 bits per heavy atom. The molecule has 0 aliphatic heterocycles. The number of ether oxygens (including phenoxy) is 1. The van der Waals surface area contributed by atoms with Gasteiger partial charge in [-0.3, -0.25) is 14.9 Å². The van der Waals surface area contributed by atoms with Crippen LogP contribution in [0.3, 0.4) is 0 Å². The van der Waals surface area contributed by atoms with E-state index >= 15 is 0 Å². The van der Waals surface area contributed by atoms with Crippen molar-refractivity contribution in [1.29, 1.82) is 0 Å². The summed E-state index contributed by atoms with van der Waals surface area (Å²) in [4.78, 5) is 30.8. The normalized spacial score (nSPS) is 16.4.